The van der Waals surface area contributed by atoms with Gasteiger partial charge in [0, 0.05) is 25.8 Å². The van der Waals surface area contributed by atoms with Crippen LogP contribution in [0.5, 0.6) is 5.88 Å². The van der Waals surface area contributed by atoms with Crippen LogP contribution in [0.4, 0.5) is 13.2 Å². The van der Waals surface area contributed by atoms with Crippen LogP contribution in [-0.2, 0) is 15.7 Å². The summed E-state index contributed by atoms with van der Waals surface area (Å²) in [7, 11) is 0. The average molecular weight is 372 g/mol. The maximum Gasteiger partial charge on any atom is 0.433 e. The van der Waals surface area contributed by atoms with Gasteiger partial charge in [-0.1, -0.05) is 6.07 Å². The van der Waals surface area contributed by atoms with Gasteiger partial charge in [0.1, 0.15) is 11.8 Å². The largest absolute Gasteiger partial charge is 0.477 e. The van der Waals surface area contributed by atoms with Gasteiger partial charge in [0.25, 0.3) is 5.91 Å². The molecule has 5 nitrogen and oxygen atoms in total. The van der Waals surface area contributed by atoms with E-state index in [2.05, 4.69) is 4.98 Å². The van der Waals surface area contributed by atoms with Gasteiger partial charge in [0.15, 0.2) is 0 Å². The molecule has 0 N–H and O–H groups in total. The zero-order chi connectivity index (χ0) is 18.6. The average Bonchev–Trinajstić information content (AvgIpc) is 2.66. The van der Waals surface area contributed by atoms with Crippen molar-refractivity contribution in [1.29, 1.82) is 0 Å². The fourth-order valence-electron chi connectivity index (χ4n) is 3.32. The van der Waals surface area contributed by atoms with Crippen molar-refractivity contribution in [3.63, 3.8) is 0 Å². The fraction of sp³-hybridized carbons (Fsp3) is 0.667. The second-order valence-electron chi connectivity index (χ2n) is 6.79. The molecule has 3 rings (SSSR count). The van der Waals surface area contributed by atoms with Gasteiger partial charge in [-0.2, -0.15) is 13.2 Å². The van der Waals surface area contributed by atoms with Crippen LogP contribution >= 0.6 is 0 Å². The zero-order valence-electron chi connectivity index (χ0n) is 14.5. The lowest BCUT2D eigenvalue weighted by molar-refractivity contribution is -0.148. The lowest BCUT2D eigenvalue weighted by atomic mass is 9.97. The van der Waals surface area contributed by atoms with Crippen LogP contribution in [0.2, 0.25) is 0 Å². The van der Waals surface area contributed by atoms with E-state index < -0.39 is 11.9 Å². The number of rotatable bonds is 4. The van der Waals surface area contributed by atoms with Gasteiger partial charge in [-0.05, 0) is 44.1 Å². The Morgan fingerprint density at radius 3 is 2.65 bits per heavy atom. The molecule has 2 saturated heterocycles. The van der Waals surface area contributed by atoms with Crippen LogP contribution in [-0.4, -0.2) is 48.2 Å². The molecule has 1 atom stereocenters. The summed E-state index contributed by atoms with van der Waals surface area (Å²) in [6, 6.07) is 3.63. The van der Waals surface area contributed by atoms with E-state index in [-0.39, 0.29) is 23.8 Å². The summed E-state index contributed by atoms with van der Waals surface area (Å²) >= 11 is 0. The monoisotopic (exact) mass is 372 g/mol. The Labute approximate surface area is 150 Å². The van der Waals surface area contributed by atoms with Crippen molar-refractivity contribution in [3.05, 3.63) is 23.9 Å². The molecular formula is C18H23F3N2O3. The van der Waals surface area contributed by atoms with Crippen LogP contribution in [0, 0.1) is 5.92 Å². The third kappa shape index (κ3) is 4.87. The molecule has 0 spiro atoms. The number of pyridine rings is 1. The highest BCUT2D eigenvalue weighted by Gasteiger charge is 2.33. The summed E-state index contributed by atoms with van der Waals surface area (Å²) in [6.45, 7) is 2.20. The Kier molecular flexibility index (Phi) is 6.01. The second-order valence-corrected chi connectivity index (χ2v) is 6.79. The predicted molar refractivity (Wildman–Crippen MR) is 87.6 cm³/mol. The van der Waals surface area contributed by atoms with Gasteiger partial charge in [-0.15, -0.1) is 0 Å². The van der Waals surface area contributed by atoms with Crippen LogP contribution in [0.1, 0.15) is 37.8 Å². The highest BCUT2D eigenvalue weighted by molar-refractivity contribution is 5.81. The van der Waals surface area contributed by atoms with Crippen molar-refractivity contribution >= 4 is 5.91 Å². The first-order valence-corrected chi connectivity index (χ1v) is 9.01. The van der Waals surface area contributed by atoms with Crippen LogP contribution in [0.3, 0.4) is 0 Å². The predicted octanol–water partition coefficient (Wildman–Crippen LogP) is 3.29. The number of carbonyl (C=O) groups is 1. The van der Waals surface area contributed by atoms with E-state index in [1.165, 1.54) is 12.1 Å². The van der Waals surface area contributed by atoms with E-state index in [4.69, 9.17) is 9.47 Å². The number of hydrogen-bond acceptors (Lipinski definition) is 4. The second kappa shape index (κ2) is 8.24. The molecule has 0 aliphatic carbocycles. The molecule has 2 aliphatic heterocycles. The molecule has 1 aromatic rings. The Hall–Kier alpha value is -1.83. The van der Waals surface area contributed by atoms with Gasteiger partial charge >= 0.3 is 6.18 Å². The van der Waals surface area contributed by atoms with E-state index in [1.807, 2.05) is 4.90 Å². The highest BCUT2D eigenvalue weighted by atomic mass is 19.4. The minimum Gasteiger partial charge on any atom is -0.477 e. The quantitative estimate of drug-likeness (QED) is 0.814. The third-order valence-corrected chi connectivity index (χ3v) is 4.86. The molecule has 0 saturated carbocycles. The van der Waals surface area contributed by atoms with Gasteiger partial charge in [-0.25, -0.2) is 4.98 Å². The molecular weight excluding hydrogens is 349 g/mol. The van der Waals surface area contributed by atoms with Crippen molar-refractivity contribution in [1.82, 2.24) is 9.88 Å². The molecule has 26 heavy (non-hydrogen) atoms. The minimum atomic E-state index is -4.48. The van der Waals surface area contributed by atoms with Crippen molar-refractivity contribution in [2.75, 3.05) is 26.3 Å². The van der Waals surface area contributed by atoms with Crippen LogP contribution in [0.15, 0.2) is 18.2 Å². The summed E-state index contributed by atoms with van der Waals surface area (Å²) in [5, 5.41) is 0. The number of aromatic nitrogens is 1. The van der Waals surface area contributed by atoms with E-state index in [9.17, 15) is 18.0 Å². The fourth-order valence-corrected chi connectivity index (χ4v) is 3.32. The summed E-state index contributed by atoms with van der Waals surface area (Å²) in [4.78, 5) is 17.8. The van der Waals surface area contributed by atoms with Crippen LogP contribution in [0.25, 0.3) is 0 Å². The van der Waals surface area contributed by atoms with Crippen molar-refractivity contribution in [2.45, 2.75) is 44.4 Å². The lowest BCUT2D eigenvalue weighted by Crippen LogP contribution is -2.46. The molecule has 3 heterocycles. The van der Waals surface area contributed by atoms with Gasteiger partial charge in [-0.3, -0.25) is 4.79 Å². The van der Waals surface area contributed by atoms with Gasteiger partial charge in [0.2, 0.25) is 5.88 Å². The van der Waals surface area contributed by atoms with E-state index in [1.54, 1.807) is 0 Å². The third-order valence-electron chi connectivity index (χ3n) is 4.86. The van der Waals surface area contributed by atoms with Crippen molar-refractivity contribution in [2.24, 2.45) is 5.92 Å². The Bertz CT molecular complexity index is 610. The Morgan fingerprint density at radius 2 is 2.00 bits per heavy atom. The lowest BCUT2D eigenvalue weighted by Gasteiger charge is -2.34. The molecule has 2 fully saturated rings. The molecule has 1 amide bonds. The summed E-state index contributed by atoms with van der Waals surface area (Å²) in [5.74, 6) is 0.236. The summed E-state index contributed by atoms with van der Waals surface area (Å²) in [5.41, 5.74) is -0.956. The highest BCUT2D eigenvalue weighted by Crippen LogP contribution is 2.29. The van der Waals surface area contributed by atoms with Crippen molar-refractivity contribution < 1.29 is 27.4 Å². The number of hydrogen-bond donors (Lipinski definition) is 0. The van der Waals surface area contributed by atoms with Gasteiger partial charge in [0.05, 0.1) is 6.61 Å². The molecule has 2 aliphatic rings. The first kappa shape index (κ1) is 18.9. The number of amides is 1. The normalized spacial score (nSPS) is 22.3. The Balaban J connectivity index is 1.45. The number of ether oxygens (including phenoxy) is 2. The first-order chi connectivity index (χ1) is 12.4. The maximum absolute atomic E-state index is 12.7. The molecule has 1 aromatic heterocycles. The number of piperidine rings is 1. The minimum absolute atomic E-state index is 0.0195. The van der Waals surface area contributed by atoms with E-state index in [0.717, 1.165) is 38.2 Å². The van der Waals surface area contributed by atoms with E-state index in [0.29, 0.717) is 26.3 Å². The standard InChI is InChI=1S/C18H23F3N2O3/c19-18(20,21)15-5-3-6-16(22-15)26-12-13-7-9-23(10-8-13)17(24)14-4-1-2-11-25-14/h3,5-6,13-14H,1-2,4,7-12H2. The number of halogens is 3. The molecule has 8 heteroatoms. The topological polar surface area (TPSA) is 51.7 Å². The van der Waals surface area contributed by atoms with E-state index >= 15 is 0 Å². The number of carbonyl (C=O) groups excluding carboxylic acids is 1. The zero-order valence-corrected chi connectivity index (χ0v) is 14.5. The molecule has 0 bridgehead atoms. The Morgan fingerprint density at radius 1 is 1.23 bits per heavy atom. The summed E-state index contributed by atoms with van der Waals surface area (Å²) in [6.07, 6.45) is -0.465. The maximum atomic E-state index is 12.7. The van der Waals surface area contributed by atoms with Crippen molar-refractivity contribution in [3.8, 4) is 5.88 Å². The SMILES string of the molecule is O=C(C1CCCCO1)N1CCC(COc2cccc(C(F)(F)F)n2)CC1. The molecule has 0 aromatic carbocycles. The van der Waals surface area contributed by atoms with Crippen LogP contribution < -0.4 is 4.74 Å². The molecule has 144 valence electrons. The number of likely N-dealkylation sites (tertiary alicyclic amines) is 1. The number of alkyl halides is 3. The molecule has 0 radical (unpaired) electrons. The number of nitrogens with zero attached hydrogens (tertiary/aromatic N) is 2. The summed E-state index contributed by atoms with van der Waals surface area (Å²) < 4.78 is 49.0. The smallest absolute Gasteiger partial charge is 0.433 e. The molecule has 1 unspecified atom stereocenters. The first-order valence-electron chi connectivity index (χ1n) is 9.01. The van der Waals surface area contributed by atoms with Gasteiger partial charge < -0.3 is 14.4 Å².